The quantitative estimate of drug-likeness (QED) is 0.233. The van der Waals surface area contributed by atoms with Gasteiger partial charge >= 0.3 is 0 Å². The van der Waals surface area contributed by atoms with Gasteiger partial charge in [0, 0.05) is 19.2 Å². The summed E-state index contributed by atoms with van der Waals surface area (Å²) in [5, 5.41) is 13.0. The van der Waals surface area contributed by atoms with Crippen molar-refractivity contribution in [2.24, 2.45) is 0 Å². The van der Waals surface area contributed by atoms with Crippen LogP contribution in [0.25, 0.3) is 0 Å². The fourth-order valence-electron chi connectivity index (χ4n) is 1.08. The molecule has 0 aliphatic rings. The van der Waals surface area contributed by atoms with Gasteiger partial charge in [-0.3, -0.25) is 14.9 Å². The number of amides is 1. The summed E-state index contributed by atoms with van der Waals surface area (Å²) in [6, 6.07) is 0. The molecule has 0 aromatic carbocycles. The smallest absolute Gasteiger partial charge is 0.264 e. The van der Waals surface area contributed by atoms with E-state index in [1.807, 2.05) is 6.92 Å². The number of nitro groups is 1. The molecular weight excluding hydrogens is 272 g/mol. The van der Waals surface area contributed by atoms with Gasteiger partial charge in [-0.1, -0.05) is 19.4 Å². The maximum Gasteiger partial charge on any atom is 0.264 e. The van der Waals surface area contributed by atoms with Crippen molar-refractivity contribution in [2.45, 2.75) is 33.6 Å². The largest absolute Gasteiger partial charge is 0.372 e. The first-order valence-electron chi connectivity index (χ1n) is 6.72. The normalized spacial score (nSPS) is 10.5. The van der Waals surface area contributed by atoms with Gasteiger partial charge < -0.3 is 10.1 Å². The molecule has 0 aliphatic heterocycles. The maximum absolute atomic E-state index is 11.2. The molecule has 0 aromatic heterocycles. The van der Waals surface area contributed by atoms with E-state index in [4.69, 9.17) is 4.74 Å². The minimum Gasteiger partial charge on any atom is -0.372 e. The minimum absolute atomic E-state index is 0.00319. The van der Waals surface area contributed by atoms with Crippen LogP contribution in [0.15, 0.2) is 23.9 Å². The topological polar surface area (TPSA) is 81.5 Å². The van der Waals surface area contributed by atoms with Crippen LogP contribution in [0.2, 0.25) is 0 Å². The van der Waals surface area contributed by atoms with Gasteiger partial charge in [0.1, 0.15) is 6.61 Å². The Morgan fingerprint density at radius 1 is 1.52 bits per heavy atom. The highest BCUT2D eigenvalue weighted by molar-refractivity contribution is 5.77. The second-order valence-corrected chi connectivity index (χ2v) is 3.87. The molecule has 1 amide bonds. The van der Waals surface area contributed by atoms with Crippen molar-refractivity contribution in [2.75, 3.05) is 19.8 Å². The molecule has 0 heterocycles. The van der Waals surface area contributed by atoms with E-state index < -0.39 is 4.92 Å². The number of terminal acetylenes is 1. The third kappa shape index (κ3) is 15.8. The van der Waals surface area contributed by atoms with Crippen LogP contribution in [-0.2, 0) is 9.53 Å². The van der Waals surface area contributed by atoms with Crippen molar-refractivity contribution in [1.82, 2.24) is 5.32 Å². The predicted molar refractivity (Wildman–Crippen MR) is 83.1 cm³/mol. The molecule has 6 heteroatoms. The summed E-state index contributed by atoms with van der Waals surface area (Å²) >= 11 is 0. The molecule has 0 unspecified atom stereocenters. The summed E-state index contributed by atoms with van der Waals surface area (Å²) in [7, 11) is 0. The molecule has 0 atom stereocenters. The van der Waals surface area contributed by atoms with Gasteiger partial charge in [0.05, 0.1) is 4.92 Å². The highest BCUT2D eigenvalue weighted by Gasteiger charge is 2.02. The van der Waals surface area contributed by atoms with Crippen LogP contribution in [-0.4, -0.2) is 30.6 Å². The Morgan fingerprint density at radius 2 is 2.14 bits per heavy atom. The lowest BCUT2D eigenvalue weighted by atomic mass is 10.3. The first-order chi connectivity index (χ1) is 10.0. The van der Waals surface area contributed by atoms with Crippen molar-refractivity contribution in [3.05, 3.63) is 34.0 Å². The van der Waals surface area contributed by atoms with Crippen LogP contribution in [0, 0.1) is 22.5 Å². The average Bonchev–Trinajstić information content (AvgIpc) is 2.44. The average molecular weight is 296 g/mol. The number of nitrogens with one attached hydrogen (secondary N) is 1. The van der Waals surface area contributed by atoms with Crippen molar-refractivity contribution in [3.63, 3.8) is 0 Å². The molecule has 0 radical (unpaired) electrons. The van der Waals surface area contributed by atoms with Crippen molar-refractivity contribution < 1.29 is 14.5 Å². The second kappa shape index (κ2) is 15.9. The van der Waals surface area contributed by atoms with Gasteiger partial charge in [0.15, 0.2) is 0 Å². The fourth-order valence-corrected chi connectivity index (χ4v) is 1.08. The van der Waals surface area contributed by atoms with E-state index in [2.05, 4.69) is 17.7 Å². The van der Waals surface area contributed by atoms with E-state index in [9.17, 15) is 14.9 Å². The van der Waals surface area contributed by atoms with E-state index in [1.165, 1.54) is 18.2 Å². The first-order valence-corrected chi connectivity index (χ1v) is 6.72. The van der Waals surface area contributed by atoms with Crippen LogP contribution in [0.5, 0.6) is 0 Å². The zero-order valence-electron chi connectivity index (χ0n) is 12.9. The third-order valence-electron chi connectivity index (χ3n) is 2.09. The Balaban J connectivity index is 0. The molecule has 118 valence electrons. The van der Waals surface area contributed by atoms with E-state index in [-0.39, 0.29) is 24.8 Å². The molecule has 0 aliphatic carbocycles. The number of carbonyl (C=O) groups excluding carboxylic acids is 1. The van der Waals surface area contributed by atoms with Crippen LogP contribution in [0.1, 0.15) is 33.6 Å². The Hall–Kier alpha value is -2.13. The van der Waals surface area contributed by atoms with Gasteiger partial charge in [-0.2, -0.15) is 0 Å². The summed E-state index contributed by atoms with van der Waals surface area (Å²) in [6.07, 6.45) is 10.8. The maximum atomic E-state index is 11.2. The van der Waals surface area contributed by atoms with E-state index >= 15 is 0 Å². The lowest BCUT2D eigenvalue weighted by Gasteiger charge is -2.03. The summed E-state index contributed by atoms with van der Waals surface area (Å²) in [4.78, 5) is 21.2. The van der Waals surface area contributed by atoms with E-state index in [0.717, 1.165) is 12.8 Å². The molecular formula is C15H24N2O4. The number of rotatable bonds is 9. The van der Waals surface area contributed by atoms with E-state index in [0.29, 0.717) is 6.61 Å². The zero-order chi connectivity index (χ0) is 16.5. The minimum atomic E-state index is -0.480. The molecule has 0 saturated heterocycles. The molecule has 0 aromatic rings. The number of carbonyl (C=O) groups is 1. The monoisotopic (exact) mass is 296 g/mol. The first kappa shape index (κ1) is 21.2. The van der Waals surface area contributed by atoms with Crippen LogP contribution < -0.4 is 5.32 Å². The van der Waals surface area contributed by atoms with Crippen LogP contribution in [0.3, 0.4) is 0 Å². The van der Waals surface area contributed by atoms with Gasteiger partial charge in [0.25, 0.3) is 5.70 Å². The SMILES string of the molecule is C#CC.C/C=C(\C=C/CNC(=O)COCCCC)[N+](=O)[O-]. The lowest BCUT2D eigenvalue weighted by molar-refractivity contribution is -0.419. The standard InChI is InChI=1S/C12H20N2O4.C3H4/c1-3-5-9-18-10-12(15)13-8-6-7-11(4-2)14(16)17;1-3-2/h4,6-7H,3,5,8-10H2,1-2H3,(H,13,15);1H,2H3/b7-6-,11-4+;. The van der Waals surface area contributed by atoms with Gasteiger partial charge in [0.2, 0.25) is 5.91 Å². The number of ether oxygens (including phenoxy) is 1. The number of allylic oxidation sites excluding steroid dienone is 2. The van der Waals surface area contributed by atoms with Crippen molar-refractivity contribution >= 4 is 5.91 Å². The highest BCUT2D eigenvalue weighted by Crippen LogP contribution is 1.96. The Morgan fingerprint density at radius 3 is 2.62 bits per heavy atom. The summed E-state index contributed by atoms with van der Waals surface area (Å²) < 4.78 is 5.12. The number of hydrogen-bond donors (Lipinski definition) is 1. The molecule has 1 N–H and O–H groups in total. The Kier molecular flexibility index (Phi) is 16.1. The molecule has 0 rings (SSSR count). The van der Waals surface area contributed by atoms with Gasteiger partial charge in [-0.05, 0) is 26.3 Å². The third-order valence-corrected chi connectivity index (χ3v) is 2.09. The molecule has 21 heavy (non-hydrogen) atoms. The lowest BCUT2D eigenvalue weighted by Crippen LogP contribution is -2.27. The van der Waals surface area contributed by atoms with Crippen LogP contribution >= 0.6 is 0 Å². The summed E-state index contributed by atoms with van der Waals surface area (Å²) in [5.41, 5.74) is 0.00319. The molecule has 6 nitrogen and oxygen atoms in total. The number of unbranched alkanes of at least 4 members (excludes halogenated alkanes) is 1. The van der Waals surface area contributed by atoms with Gasteiger partial charge in [-0.25, -0.2) is 0 Å². The predicted octanol–water partition coefficient (Wildman–Crippen LogP) is 2.30. The number of hydrogen-bond acceptors (Lipinski definition) is 4. The second-order valence-electron chi connectivity index (χ2n) is 3.87. The Labute approximate surface area is 126 Å². The summed E-state index contributed by atoms with van der Waals surface area (Å²) in [6.45, 7) is 6.13. The van der Waals surface area contributed by atoms with Crippen molar-refractivity contribution in [1.29, 1.82) is 0 Å². The Bertz CT molecular complexity index is 395. The zero-order valence-corrected chi connectivity index (χ0v) is 12.9. The molecule has 0 fully saturated rings. The summed E-state index contributed by atoms with van der Waals surface area (Å²) in [5.74, 6) is 2.03. The highest BCUT2D eigenvalue weighted by atomic mass is 16.6. The van der Waals surface area contributed by atoms with E-state index in [1.54, 1.807) is 13.8 Å². The van der Waals surface area contributed by atoms with Crippen molar-refractivity contribution in [3.8, 4) is 12.3 Å². The van der Waals surface area contributed by atoms with Gasteiger partial charge in [-0.15, -0.1) is 12.3 Å². The molecule has 0 spiro atoms. The molecule has 0 saturated carbocycles. The number of nitrogens with zero attached hydrogens (tertiary/aromatic N) is 1. The van der Waals surface area contributed by atoms with Crippen LogP contribution in [0.4, 0.5) is 0 Å². The molecule has 0 bridgehead atoms. The fraction of sp³-hybridized carbons (Fsp3) is 0.533.